The average molecular weight is 323 g/mol. The summed E-state index contributed by atoms with van der Waals surface area (Å²) in [7, 11) is 0. The second kappa shape index (κ2) is 6.68. The zero-order chi connectivity index (χ0) is 17.1. The van der Waals surface area contributed by atoms with Gasteiger partial charge in [-0.25, -0.2) is 4.79 Å². The first kappa shape index (κ1) is 16.0. The van der Waals surface area contributed by atoms with Gasteiger partial charge in [0.25, 0.3) is 5.91 Å². The normalized spacial score (nSPS) is 13.5. The van der Waals surface area contributed by atoms with Crippen LogP contribution in [0.5, 0.6) is 0 Å². The van der Waals surface area contributed by atoms with Crippen molar-refractivity contribution in [2.75, 3.05) is 0 Å². The summed E-state index contributed by atoms with van der Waals surface area (Å²) in [6.07, 6.45) is 1.45. The first-order valence-electron chi connectivity index (χ1n) is 7.55. The molecule has 5 heteroatoms. The Hall–Kier alpha value is -2.92. The first-order chi connectivity index (χ1) is 11.5. The second-order valence-electron chi connectivity index (χ2n) is 5.70. The van der Waals surface area contributed by atoms with Gasteiger partial charge in [-0.15, -0.1) is 0 Å². The maximum atomic E-state index is 12.2. The summed E-state index contributed by atoms with van der Waals surface area (Å²) < 4.78 is 5.35. The van der Waals surface area contributed by atoms with E-state index < -0.39 is 11.9 Å². The van der Waals surface area contributed by atoms with Crippen LogP contribution in [0.3, 0.4) is 0 Å². The number of carbonyl (C=O) groups excluding carboxylic acids is 1. The molecule has 0 bridgehead atoms. The van der Waals surface area contributed by atoms with Crippen molar-refractivity contribution < 1.29 is 19.4 Å². The van der Waals surface area contributed by atoms with Crippen molar-refractivity contribution in [3.05, 3.63) is 76.0 Å². The van der Waals surface area contributed by atoms with Gasteiger partial charge in [-0.2, -0.15) is 0 Å². The van der Waals surface area contributed by atoms with Gasteiger partial charge in [0.15, 0.2) is 0 Å². The number of ether oxygens (including phenoxy) is 1. The van der Waals surface area contributed by atoms with Gasteiger partial charge in [-0.05, 0) is 47.9 Å². The Kier molecular flexibility index (Phi) is 4.44. The minimum absolute atomic E-state index is 0.167. The van der Waals surface area contributed by atoms with Crippen molar-refractivity contribution >= 4 is 18.0 Å². The Morgan fingerprint density at radius 1 is 1.08 bits per heavy atom. The lowest BCUT2D eigenvalue weighted by Gasteiger charge is -2.07. The molecule has 122 valence electrons. The van der Waals surface area contributed by atoms with Gasteiger partial charge < -0.3 is 15.2 Å². The van der Waals surface area contributed by atoms with Crippen LogP contribution in [-0.2, 0) is 22.7 Å². The van der Waals surface area contributed by atoms with Crippen molar-refractivity contribution in [3.63, 3.8) is 0 Å². The van der Waals surface area contributed by atoms with Gasteiger partial charge in [0, 0.05) is 5.56 Å². The van der Waals surface area contributed by atoms with Crippen LogP contribution in [0.15, 0.2) is 48.2 Å². The molecule has 2 aromatic rings. The molecule has 0 spiro atoms. The Morgan fingerprint density at radius 2 is 1.79 bits per heavy atom. The van der Waals surface area contributed by atoms with Crippen molar-refractivity contribution in [1.29, 1.82) is 0 Å². The van der Waals surface area contributed by atoms with Crippen molar-refractivity contribution in [2.45, 2.75) is 20.1 Å². The molecule has 0 unspecified atom stereocenters. The van der Waals surface area contributed by atoms with Crippen LogP contribution in [0.25, 0.3) is 6.08 Å². The van der Waals surface area contributed by atoms with E-state index >= 15 is 0 Å². The average Bonchev–Trinajstić information content (AvgIpc) is 3.02. The maximum Gasteiger partial charge on any atom is 0.352 e. The number of carboxylic acid groups (broad SMARTS) is 1. The van der Waals surface area contributed by atoms with E-state index in [2.05, 4.69) is 5.32 Å². The van der Waals surface area contributed by atoms with Gasteiger partial charge in [0.2, 0.25) is 0 Å². The molecule has 0 fully saturated rings. The Labute approximate surface area is 139 Å². The number of hydrogen-bond donors (Lipinski definition) is 2. The van der Waals surface area contributed by atoms with Crippen LogP contribution in [0.2, 0.25) is 0 Å². The standard InChI is InChI=1S/C19H17NO4/c1-12-2-5-14(6-3-12)18(21)20-17(19(22)23)9-13-4-7-15-10-24-11-16(15)8-13/h2-9H,10-11H2,1H3,(H,20,21)(H,22,23). The molecule has 1 heterocycles. The monoisotopic (exact) mass is 323 g/mol. The Bertz CT molecular complexity index is 822. The second-order valence-corrected chi connectivity index (χ2v) is 5.70. The number of rotatable bonds is 4. The lowest BCUT2D eigenvalue weighted by Crippen LogP contribution is -2.27. The molecule has 1 amide bonds. The number of hydrogen-bond acceptors (Lipinski definition) is 3. The third-order valence-corrected chi connectivity index (χ3v) is 3.85. The van der Waals surface area contributed by atoms with E-state index in [9.17, 15) is 14.7 Å². The van der Waals surface area contributed by atoms with Crippen molar-refractivity contribution in [3.8, 4) is 0 Å². The van der Waals surface area contributed by atoms with Crippen LogP contribution in [0.1, 0.15) is 32.6 Å². The predicted octanol–water partition coefficient (Wildman–Crippen LogP) is 2.88. The summed E-state index contributed by atoms with van der Waals surface area (Å²) in [5.74, 6) is -1.64. The first-order valence-corrected chi connectivity index (χ1v) is 7.55. The number of carbonyl (C=O) groups is 2. The summed E-state index contributed by atoms with van der Waals surface area (Å²) in [5.41, 5.74) is 4.13. The number of fused-ring (bicyclic) bond motifs is 1. The highest BCUT2D eigenvalue weighted by Gasteiger charge is 2.15. The van der Waals surface area contributed by atoms with E-state index in [1.807, 2.05) is 25.1 Å². The largest absolute Gasteiger partial charge is 0.477 e. The van der Waals surface area contributed by atoms with Crippen LogP contribution >= 0.6 is 0 Å². The number of aryl methyl sites for hydroxylation is 1. The molecule has 1 aliphatic heterocycles. The molecule has 0 saturated heterocycles. The Morgan fingerprint density at radius 3 is 2.50 bits per heavy atom. The molecule has 0 aliphatic carbocycles. The molecule has 0 atom stereocenters. The number of nitrogens with one attached hydrogen (secondary N) is 1. The molecule has 1 aliphatic rings. The molecule has 3 rings (SSSR count). The summed E-state index contributed by atoms with van der Waals surface area (Å²) in [6.45, 7) is 3.02. The van der Waals surface area contributed by atoms with Gasteiger partial charge in [-0.3, -0.25) is 4.79 Å². The third kappa shape index (κ3) is 3.52. The topological polar surface area (TPSA) is 75.6 Å². The molecular weight excluding hydrogens is 306 g/mol. The highest BCUT2D eigenvalue weighted by Crippen LogP contribution is 2.22. The molecule has 0 radical (unpaired) electrons. The van der Waals surface area contributed by atoms with Crippen LogP contribution < -0.4 is 5.32 Å². The number of benzene rings is 2. The summed E-state index contributed by atoms with van der Waals surface area (Å²) in [6, 6.07) is 12.5. The van der Waals surface area contributed by atoms with E-state index in [1.165, 1.54) is 6.08 Å². The lowest BCUT2D eigenvalue weighted by molar-refractivity contribution is -0.132. The lowest BCUT2D eigenvalue weighted by atomic mass is 10.1. The smallest absolute Gasteiger partial charge is 0.352 e. The SMILES string of the molecule is Cc1ccc(C(=O)NC(=Cc2ccc3c(c2)COC3)C(=O)O)cc1. The van der Waals surface area contributed by atoms with Gasteiger partial charge in [0.05, 0.1) is 13.2 Å². The summed E-state index contributed by atoms with van der Waals surface area (Å²) in [5, 5.41) is 11.8. The predicted molar refractivity (Wildman–Crippen MR) is 89.2 cm³/mol. The maximum absolute atomic E-state index is 12.2. The zero-order valence-corrected chi connectivity index (χ0v) is 13.2. The zero-order valence-electron chi connectivity index (χ0n) is 13.2. The third-order valence-electron chi connectivity index (χ3n) is 3.85. The van der Waals surface area contributed by atoms with E-state index in [0.29, 0.717) is 24.3 Å². The van der Waals surface area contributed by atoms with Crippen LogP contribution in [0, 0.1) is 6.92 Å². The molecule has 0 aromatic heterocycles. The number of carboxylic acids is 1. The van der Waals surface area contributed by atoms with E-state index in [0.717, 1.165) is 16.7 Å². The minimum atomic E-state index is -1.19. The van der Waals surface area contributed by atoms with Crippen LogP contribution in [-0.4, -0.2) is 17.0 Å². The van der Waals surface area contributed by atoms with E-state index in [1.54, 1.807) is 24.3 Å². The van der Waals surface area contributed by atoms with Gasteiger partial charge in [0.1, 0.15) is 5.70 Å². The molecule has 24 heavy (non-hydrogen) atoms. The fourth-order valence-electron chi connectivity index (χ4n) is 2.50. The quantitative estimate of drug-likeness (QED) is 0.848. The van der Waals surface area contributed by atoms with Crippen LogP contribution in [0.4, 0.5) is 0 Å². The van der Waals surface area contributed by atoms with Gasteiger partial charge >= 0.3 is 5.97 Å². The van der Waals surface area contributed by atoms with Crippen molar-refractivity contribution in [1.82, 2.24) is 5.32 Å². The minimum Gasteiger partial charge on any atom is -0.477 e. The fraction of sp³-hybridized carbons (Fsp3) is 0.158. The molecular formula is C19H17NO4. The molecule has 0 saturated carbocycles. The fourth-order valence-corrected chi connectivity index (χ4v) is 2.50. The highest BCUT2D eigenvalue weighted by molar-refractivity contribution is 6.02. The summed E-state index contributed by atoms with van der Waals surface area (Å²) in [4.78, 5) is 23.7. The highest BCUT2D eigenvalue weighted by atomic mass is 16.5. The van der Waals surface area contributed by atoms with Gasteiger partial charge in [-0.1, -0.05) is 29.8 Å². The van der Waals surface area contributed by atoms with E-state index in [-0.39, 0.29) is 5.70 Å². The summed E-state index contributed by atoms with van der Waals surface area (Å²) >= 11 is 0. The number of amides is 1. The van der Waals surface area contributed by atoms with Crippen molar-refractivity contribution in [2.24, 2.45) is 0 Å². The molecule has 2 aromatic carbocycles. The van der Waals surface area contributed by atoms with E-state index in [4.69, 9.17) is 4.74 Å². The number of aliphatic carboxylic acids is 1. The molecule has 2 N–H and O–H groups in total. The Balaban J connectivity index is 1.83. The molecule has 5 nitrogen and oxygen atoms in total.